The van der Waals surface area contributed by atoms with Gasteiger partial charge in [0.15, 0.2) is 0 Å². The lowest BCUT2D eigenvalue weighted by Gasteiger charge is -2.33. The summed E-state index contributed by atoms with van der Waals surface area (Å²) in [7, 11) is 0. The molecule has 1 aromatic heterocycles. The van der Waals surface area contributed by atoms with Gasteiger partial charge in [-0.05, 0) is 62.6 Å². The lowest BCUT2D eigenvalue weighted by molar-refractivity contribution is 0.0636. The summed E-state index contributed by atoms with van der Waals surface area (Å²) in [5.41, 5.74) is 2.06. The van der Waals surface area contributed by atoms with Gasteiger partial charge in [-0.2, -0.15) is 4.98 Å². The summed E-state index contributed by atoms with van der Waals surface area (Å²) in [4.78, 5) is 19.6. The molecule has 1 amide bonds. The summed E-state index contributed by atoms with van der Waals surface area (Å²) < 4.78 is 5.48. The molecule has 5 nitrogen and oxygen atoms in total. The maximum absolute atomic E-state index is 13.1. The van der Waals surface area contributed by atoms with Crippen LogP contribution in [0.4, 0.5) is 0 Å². The Morgan fingerprint density at radius 3 is 2.70 bits per heavy atom. The van der Waals surface area contributed by atoms with Gasteiger partial charge in [-0.1, -0.05) is 28.9 Å². The number of carbonyl (C=O) groups excluding carboxylic acids is 1. The van der Waals surface area contributed by atoms with Gasteiger partial charge >= 0.3 is 0 Å². The van der Waals surface area contributed by atoms with Crippen LogP contribution in [0.2, 0.25) is 5.02 Å². The Hall–Kier alpha value is -2.66. The molecule has 0 saturated carbocycles. The first-order valence-corrected chi connectivity index (χ1v) is 9.51. The van der Waals surface area contributed by atoms with Gasteiger partial charge in [-0.3, -0.25) is 4.79 Å². The molecule has 0 N–H and O–H groups in total. The van der Waals surface area contributed by atoms with E-state index in [4.69, 9.17) is 16.1 Å². The standard InChI is InChI=1S/C21H20ClN3O2/c1-14-6-4-5-13-25(14)21(26)18-8-3-2-7-17(18)20-23-19(24-27-20)15-9-11-16(22)12-10-15/h2-3,7-12,14H,4-6,13H2,1H3/t14-/m0/s1. The largest absolute Gasteiger partial charge is 0.336 e. The van der Waals surface area contributed by atoms with Crippen molar-refractivity contribution in [3.05, 3.63) is 59.1 Å². The highest BCUT2D eigenvalue weighted by Crippen LogP contribution is 2.28. The van der Waals surface area contributed by atoms with Gasteiger partial charge in [-0.15, -0.1) is 0 Å². The molecule has 138 valence electrons. The first kappa shape index (κ1) is 17.7. The monoisotopic (exact) mass is 381 g/mol. The fourth-order valence-electron chi connectivity index (χ4n) is 3.46. The fraction of sp³-hybridized carbons (Fsp3) is 0.286. The zero-order chi connectivity index (χ0) is 18.8. The van der Waals surface area contributed by atoms with Crippen LogP contribution in [0.15, 0.2) is 53.1 Å². The maximum Gasteiger partial charge on any atom is 0.259 e. The molecule has 27 heavy (non-hydrogen) atoms. The Bertz CT molecular complexity index is 952. The van der Waals surface area contributed by atoms with Crippen LogP contribution < -0.4 is 0 Å². The number of likely N-dealkylation sites (tertiary alicyclic amines) is 1. The molecule has 0 spiro atoms. The van der Waals surface area contributed by atoms with Crippen LogP contribution in [0.5, 0.6) is 0 Å². The minimum absolute atomic E-state index is 0.0176. The molecular formula is C21H20ClN3O2. The van der Waals surface area contributed by atoms with Crippen molar-refractivity contribution in [1.82, 2.24) is 15.0 Å². The molecule has 0 aliphatic carbocycles. The number of halogens is 1. The second-order valence-electron chi connectivity index (χ2n) is 6.82. The van der Waals surface area contributed by atoms with Crippen molar-refractivity contribution in [2.75, 3.05) is 6.54 Å². The number of hydrogen-bond donors (Lipinski definition) is 0. The number of amides is 1. The second kappa shape index (κ2) is 7.53. The van der Waals surface area contributed by atoms with E-state index in [1.54, 1.807) is 12.1 Å². The van der Waals surface area contributed by atoms with Crippen molar-refractivity contribution in [3.8, 4) is 22.8 Å². The van der Waals surface area contributed by atoms with Gasteiger partial charge in [-0.25, -0.2) is 0 Å². The minimum Gasteiger partial charge on any atom is -0.336 e. The number of carbonyl (C=O) groups is 1. The molecule has 3 aromatic rings. The van der Waals surface area contributed by atoms with E-state index < -0.39 is 0 Å². The molecule has 2 aromatic carbocycles. The molecule has 2 heterocycles. The van der Waals surface area contributed by atoms with Crippen molar-refractivity contribution in [2.45, 2.75) is 32.2 Å². The van der Waals surface area contributed by atoms with E-state index in [1.165, 1.54) is 6.42 Å². The number of hydrogen-bond acceptors (Lipinski definition) is 4. The van der Waals surface area contributed by atoms with Crippen molar-refractivity contribution in [3.63, 3.8) is 0 Å². The van der Waals surface area contributed by atoms with E-state index in [0.29, 0.717) is 27.9 Å². The topological polar surface area (TPSA) is 59.2 Å². The molecule has 1 saturated heterocycles. The lowest BCUT2D eigenvalue weighted by atomic mass is 10.00. The Morgan fingerprint density at radius 1 is 1.15 bits per heavy atom. The van der Waals surface area contributed by atoms with Gasteiger partial charge in [0.25, 0.3) is 11.8 Å². The first-order valence-electron chi connectivity index (χ1n) is 9.13. The highest BCUT2D eigenvalue weighted by molar-refractivity contribution is 6.30. The molecule has 1 aliphatic rings. The van der Waals surface area contributed by atoms with Crippen molar-refractivity contribution in [1.29, 1.82) is 0 Å². The van der Waals surface area contributed by atoms with Crippen molar-refractivity contribution < 1.29 is 9.32 Å². The van der Waals surface area contributed by atoms with Gasteiger partial charge in [0.1, 0.15) is 0 Å². The number of aromatic nitrogens is 2. The average molecular weight is 382 g/mol. The molecule has 0 bridgehead atoms. The third kappa shape index (κ3) is 3.60. The molecule has 4 rings (SSSR count). The van der Waals surface area contributed by atoms with Crippen LogP contribution >= 0.6 is 11.6 Å². The Labute approximate surface area is 163 Å². The third-order valence-electron chi connectivity index (χ3n) is 4.98. The quantitative estimate of drug-likeness (QED) is 0.635. The number of benzene rings is 2. The average Bonchev–Trinajstić information content (AvgIpc) is 3.18. The Morgan fingerprint density at radius 2 is 1.93 bits per heavy atom. The molecule has 1 aliphatic heterocycles. The van der Waals surface area contributed by atoms with E-state index >= 15 is 0 Å². The Kier molecular flexibility index (Phi) is 4.94. The first-order chi connectivity index (χ1) is 13.1. The van der Waals surface area contributed by atoms with E-state index in [0.717, 1.165) is 24.9 Å². The lowest BCUT2D eigenvalue weighted by Crippen LogP contribution is -2.42. The number of nitrogens with zero attached hydrogens (tertiary/aromatic N) is 3. The van der Waals surface area contributed by atoms with Gasteiger partial charge in [0.2, 0.25) is 5.82 Å². The molecule has 0 unspecified atom stereocenters. The van der Waals surface area contributed by atoms with E-state index in [9.17, 15) is 4.79 Å². The second-order valence-corrected chi connectivity index (χ2v) is 7.26. The Balaban J connectivity index is 1.67. The highest BCUT2D eigenvalue weighted by Gasteiger charge is 2.27. The summed E-state index contributed by atoms with van der Waals surface area (Å²) in [6.45, 7) is 2.89. The van der Waals surface area contributed by atoms with E-state index in [1.807, 2.05) is 41.3 Å². The minimum atomic E-state index is 0.0176. The summed E-state index contributed by atoms with van der Waals surface area (Å²) >= 11 is 5.94. The third-order valence-corrected chi connectivity index (χ3v) is 5.23. The van der Waals surface area contributed by atoms with Gasteiger partial charge in [0.05, 0.1) is 11.1 Å². The SMILES string of the molecule is C[C@H]1CCCCN1C(=O)c1ccccc1-c1nc(-c2ccc(Cl)cc2)no1. The van der Waals surface area contributed by atoms with Crippen LogP contribution in [-0.4, -0.2) is 33.5 Å². The van der Waals surface area contributed by atoms with Gasteiger partial charge < -0.3 is 9.42 Å². The normalized spacial score (nSPS) is 17.1. The van der Waals surface area contributed by atoms with Gasteiger partial charge in [0, 0.05) is 23.2 Å². The highest BCUT2D eigenvalue weighted by atomic mass is 35.5. The number of piperidine rings is 1. The molecule has 0 radical (unpaired) electrons. The molecule has 1 fully saturated rings. The smallest absolute Gasteiger partial charge is 0.259 e. The van der Waals surface area contributed by atoms with Crippen LogP contribution in [0, 0.1) is 0 Å². The van der Waals surface area contributed by atoms with E-state index in [2.05, 4.69) is 17.1 Å². The summed E-state index contributed by atoms with van der Waals surface area (Å²) in [5.74, 6) is 0.827. The molecule has 6 heteroatoms. The zero-order valence-electron chi connectivity index (χ0n) is 15.1. The fourth-order valence-corrected chi connectivity index (χ4v) is 3.59. The van der Waals surface area contributed by atoms with E-state index in [-0.39, 0.29) is 11.9 Å². The van der Waals surface area contributed by atoms with Crippen LogP contribution in [0.25, 0.3) is 22.8 Å². The predicted molar refractivity (Wildman–Crippen MR) is 105 cm³/mol. The van der Waals surface area contributed by atoms with Crippen LogP contribution in [0.1, 0.15) is 36.5 Å². The summed E-state index contributed by atoms with van der Waals surface area (Å²) in [6, 6.07) is 14.9. The van der Waals surface area contributed by atoms with Crippen LogP contribution in [0.3, 0.4) is 0 Å². The van der Waals surface area contributed by atoms with Crippen LogP contribution in [-0.2, 0) is 0 Å². The summed E-state index contributed by atoms with van der Waals surface area (Å²) in [5, 5.41) is 4.71. The zero-order valence-corrected chi connectivity index (χ0v) is 15.8. The predicted octanol–water partition coefficient (Wildman–Crippen LogP) is 5.07. The number of rotatable bonds is 3. The summed E-state index contributed by atoms with van der Waals surface area (Å²) in [6.07, 6.45) is 3.25. The molecule has 1 atom stereocenters. The molecular weight excluding hydrogens is 362 g/mol. The van der Waals surface area contributed by atoms with Crippen molar-refractivity contribution in [2.24, 2.45) is 0 Å². The van der Waals surface area contributed by atoms with Crippen molar-refractivity contribution >= 4 is 17.5 Å². The maximum atomic E-state index is 13.1.